The van der Waals surface area contributed by atoms with Gasteiger partial charge in [0.2, 0.25) is 5.91 Å². The number of anilines is 1. The van der Waals surface area contributed by atoms with Gasteiger partial charge >= 0.3 is 0 Å². The number of carbonyl (C=O) groups is 2. The highest BCUT2D eigenvalue weighted by atomic mass is 16.2. The second kappa shape index (κ2) is 6.71. The highest BCUT2D eigenvalue weighted by Crippen LogP contribution is 2.16. The number of rotatable bonds is 3. The highest BCUT2D eigenvalue weighted by molar-refractivity contribution is 6.01. The molecule has 0 spiro atoms. The van der Waals surface area contributed by atoms with E-state index >= 15 is 0 Å². The molecule has 0 atom stereocenters. The summed E-state index contributed by atoms with van der Waals surface area (Å²) in [7, 11) is 0. The van der Waals surface area contributed by atoms with Gasteiger partial charge in [0.25, 0.3) is 5.91 Å². The minimum atomic E-state index is -0.207. The molecule has 2 amide bonds. The van der Waals surface area contributed by atoms with Crippen molar-refractivity contribution in [2.24, 2.45) is 0 Å². The van der Waals surface area contributed by atoms with E-state index in [9.17, 15) is 9.59 Å². The third-order valence-electron chi connectivity index (χ3n) is 3.29. The van der Waals surface area contributed by atoms with Crippen LogP contribution in [0, 0.1) is 11.3 Å². The molecule has 0 bridgehead atoms. The lowest BCUT2D eigenvalue weighted by Crippen LogP contribution is -2.28. The number of nitriles is 1. The molecule has 0 unspecified atom stereocenters. The normalized spacial score (nSPS) is 14.7. The van der Waals surface area contributed by atoms with Crippen LogP contribution in [0.2, 0.25) is 0 Å². The molecule has 1 heterocycles. The second-order valence-electron chi connectivity index (χ2n) is 4.97. The quantitative estimate of drug-likeness (QED) is 0.682. The van der Waals surface area contributed by atoms with Gasteiger partial charge < -0.3 is 10.2 Å². The maximum absolute atomic E-state index is 12.2. The molecule has 21 heavy (non-hydrogen) atoms. The van der Waals surface area contributed by atoms with E-state index in [2.05, 4.69) is 5.32 Å². The molecule has 1 aliphatic rings. The first kappa shape index (κ1) is 14.8. The van der Waals surface area contributed by atoms with Gasteiger partial charge in [0, 0.05) is 25.7 Å². The first-order chi connectivity index (χ1) is 10.1. The number of nitrogens with one attached hydrogen (secondary N) is 1. The molecule has 1 saturated heterocycles. The van der Waals surface area contributed by atoms with Gasteiger partial charge in [-0.1, -0.05) is 12.1 Å². The minimum absolute atomic E-state index is 0.139. The highest BCUT2D eigenvalue weighted by Gasteiger charge is 2.21. The summed E-state index contributed by atoms with van der Waals surface area (Å²) in [5.41, 5.74) is 1.58. The van der Waals surface area contributed by atoms with E-state index in [1.54, 1.807) is 35.2 Å². The van der Waals surface area contributed by atoms with Crippen molar-refractivity contribution in [3.05, 3.63) is 35.4 Å². The number of carbonyl (C=O) groups excluding carboxylic acids is 2. The minimum Gasteiger partial charge on any atom is -0.338 e. The molecule has 1 aliphatic heterocycles. The van der Waals surface area contributed by atoms with Gasteiger partial charge in [-0.15, -0.1) is 0 Å². The van der Waals surface area contributed by atoms with Crippen LogP contribution in [-0.4, -0.2) is 29.8 Å². The Labute approximate surface area is 123 Å². The molecule has 1 aromatic rings. The second-order valence-corrected chi connectivity index (χ2v) is 4.97. The van der Waals surface area contributed by atoms with Crippen LogP contribution in [-0.2, 0) is 9.59 Å². The van der Waals surface area contributed by atoms with Crippen molar-refractivity contribution in [1.29, 1.82) is 5.26 Å². The topological polar surface area (TPSA) is 73.2 Å². The maximum Gasteiger partial charge on any atom is 0.264 e. The number of nitrogens with zero attached hydrogens (tertiary/aromatic N) is 2. The summed E-state index contributed by atoms with van der Waals surface area (Å²) in [5, 5.41) is 11.8. The number of amides is 2. The summed E-state index contributed by atoms with van der Waals surface area (Å²) in [4.78, 5) is 24.8. The van der Waals surface area contributed by atoms with Gasteiger partial charge in [0.1, 0.15) is 11.6 Å². The van der Waals surface area contributed by atoms with E-state index in [1.165, 1.54) is 6.92 Å². The third-order valence-corrected chi connectivity index (χ3v) is 3.29. The van der Waals surface area contributed by atoms with Gasteiger partial charge in [-0.2, -0.15) is 5.26 Å². The Morgan fingerprint density at radius 1 is 1.24 bits per heavy atom. The molecule has 0 saturated carbocycles. The van der Waals surface area contributed by atoms with E-state index in [1.807, 2.05) is 6.07 Å². The number of likely N-dealkylation sites (tertiary alicyclic amines) is 1. The zero-order valence-corrected chi connectivity index (χ0v) is 11.9. The summed E-state index contributed by atoms with van der Waals surface area (Å²) in [6.07, 6.45) is 3.57. The summed E-state index contributed by atoms with van der Waals surface area (Å²) in [6, 6.07) is 8.98. The van der Waals surface area contributed by atoms with E-state index in [4.69, 9.17) is 5.26 Å². The van der Waals surface area contributed by atoms with Crippen molar-refractivity contribution in [2.45, 2.75) is 19.8 Å². The van der Waals surface area contributed by atoms with E-state index in [0.717, 1.165) is 31.5 Å². The Hall–Kier alpha value is -2.61. The van der Waals surface area contributed by atoms with Gasteiger partial charge in [0.15, 0.2) is 0 Å². The maximum atomic E-state index is 12.2. The van der Waals surface area contributed by atoms with Gasteiger partial charge in [-0.25, -0.2) is 0 Å². The summed E-state index contributed by atoms with van der Waals surface area (Å²) in [5.74, 6) is -0.346. The van der Waals surface area contributed by atoms with Crippen molar-refractivity contribution >= 4 is 23.6 Å². The van der Waals surface area contributed by atoms with Crippen molar-refractivity contribution in [1.82, 2.24) is 4.90 Å². The Morgan fingerprint density at radius 3 is 2.38 bits per heavy atom. The van der Waals surface area contributed by atoms with Crippen molar-refractivity contribution in [2.75, 3.05) is 18.4 Å². The van der Waals surface area contributed by atoms with Crippen LogP contribution < -0.4 is 5.32 Å². The summed E-state index contributed by atoms with van der Waals surface area (Å²) < 4.78 is 0. The van der Waals surface area contributed by atoms with Crippen LogP contribution in [0.1, 0.15) is 25.3 Å². The van der Waals surface area contributed by atoms with Gasteiger partial charge in [0.05, 0.1) is 0 Å². The molecule has 0 aliphatic carbocycles. The Kier molecular flexibility index (Phi) is 4.72. The smallest absolute Gasteiger partial charge is 0.264 e. The number of benzene rings is 1. The van der Waals surface area contributed by atoms with Crippen LogP contribution >= 0.6 is 0 Å². The van der Waals surface area contributed by atoms with Gasteiger partial charge in [-0.05, 0) is 36.6 Å². The van der Waals surface area contributed by atoms with Crippen LogP contribution in [0.15, 0.2) is 29.8 Å². The average molecular weight is 283 g/mol. The first-order valence-corrected chi connectivity index (χ1v) is 6.89. The van der Waals surface area contributed by atoms with Gasteiger partial charge in [-0.3, -0.25) is 9.59 Å². The van der Waals surface area contributed by atoms with Crippen LogP contribution in [0.25, 0.3) is 6.08 Å². The molecule has 1 fully saturated rings. The molecule has 5 nitrogen and oxygen atoms in total. The predicted molar refractivity (Wildman–Crippen MR) is 80.1 cm³/mol. The van der Waals surface area contributed by atoms with Crippen molar-refractivity contribution in [3.8, 4) is 6.07 Å². The molecular formula is C16H17N3O2. The fourth-order valence-corrected chi connectivity index (χ4v) is 2.27. The monoisotopic (exact) mass is 283 g/mol. The van der Waals surface area contributed by atoms with Crippen LogP contribution in [0.3, 0.4) is 0 Å². The SMILES string of the molecule is CC(=O)Nc1ccc(/C=C(\C#N)C(=O)N2CCCC2)cc1. The number of hydrogen-bond acceptors (Lipinski definition) is 3. The van der Waals surface area contributed by atoms with Crippen molar-refractivity contribution < 1.29 is 9.59 Å². The largest absolute Gasteiger partial charge is 0.338 e. The summed E-state index contributed by atoms with van der Waals surface area (Å²) in [6.45, 7) is 2.88. The lowest BCUT2D eigenvalue weighted by Gasteiger charge is -2.14. The lowest BCUT2D eigenvalue weighted by molar-refractivity contribution is -0.125. The van der Waals surface area contributed by atoms with Crippen LogP contribution in [0.4, 0.5) is 5.69 Å². The first-order valence-electron chi connectivity index (χ1n) is 6.89. The van der Waals surface area contributed by atoms with Crippen molar-refractivity contribution in [3.63, 3.8) is 0 Å². The Bertz CT molecular complexity index is 605. The molecule has 2 rings (SSSR count). The molecular weight excluding hydrogens is 266 g/mol. The van der Waals surface area contributed by atoms with E-state index < -0.39 is 0 Å². The zero-order valence-electron chi connectivity index (χ0n) is 11.9. The third kappa shape index (κ3) is 3.93. The molecule has 108 valence electrons. The Balaban J connectivity index is 2.14. The molecule has 0 radical (unpaired) electrons. The fourth-order valence-electron chi connectivity index (χ4n) is 2.27. The van der Waals surface area contributed by atoms with Crippen LogP contribution in [0.5, 0.6) is 0 Å². The summed E-state index contributed by atoms with van der Waals surface area (Å²) >= 11 is 0. The Morgan fingerprint density at radius 2 is 1.86 bits per heavy atom. The number of hydrogen-bond donors (Lipinski definition) is 1. The standard InChI is InChI=1S/C16H17N3O2/c1-12(20)18-15-6-4-13(5-7-15)10-14(11-17)16(21)19-8-2-3-9-19/h4-7,10H,2-3,8-9H2,1H3,(H,18,20)/b14-10+. The fraction of sp³-hybridized carbons (Fsp3) is 0.312. The molecule has 0 aromatic heterocycles. The van der Waals surface area contributed by atoms with E-state index in [0.29, 0.717) is 5.69 Å². The molecule has 1 N–H and O–H groups in total. The average Bonchev–Trinajstić information content (AvgIpc) is 2.99. The lowest BCUT2D eigenvalue weighted by atomic mass is 10.1. The van der Waals surface area contributed by atoms with E-state index in [-0.39, 0.29) is 17.4 Å². The predicted octanol–water partition coefficient (Wildman–Crippen LogP) is 2.17. The zero-order chi connectivity index (χ0) is 15.2. The molecule has 5 heteroatoms. The molecule has 1 aromatic carbocycles.